The molecule has 0 aliphatic carbocycles. The van der Waals surface area contributed by atoms with E-state index in [1.807, 2.05) is 0 Å². The monoisotopic (exact) mass is 353 g/mol. The molecule has 0 bridgehead atoms. The average Bonchev–Trinajstić information content (AvgIpc) is 2.66. The largest absolute Gasteiger partial charge is 0.513 e. The van der Waals surface area contributed by atoms with Gasteiger partial charge in [-0.25, -0.2) is 14.4 Å². The standard InChI is InChI=1S/C20H19NO5/c1-3-4-5-14-24-20(23)26-18-10-6-15(7-11-18)19(22)25-17-12-8-16(21-2)9-13-17/h6-13H,3-5,14H2,1H3. The third-order valence-electron chi connectivity index (χ3n) is 3.44. The number of unbranched alkanes of at least 4 members (excludes halogenated alkanes) is 2. The summed E-state index contributed by atoms with van der Waals surface area (Å²) >= 11 is 0. The van der Waals surface area contributed by atoms with E-state index in [4.69, 9.17) is 20.8 Å². The summed E-state index contributed by atoms with van der Waals surface area (Å²) in [6.07, 6.45) is 2.06. The Labute approximate surface area is 152 Å². The summed E-state index contributed by atoms with van der Waals surface area (Å²) in [6, 6.07) is 12.2. The number of carbonyl (C=O) groups is 2. The quantitative estimate of drug-likeness (QED) is 0.226. The van der Waals surface area contributed by atoms with Crippen molar-refractivity contribution in [3.63, 3.8) is 0 Å². The highest BCUT2D eigenvalue weighted by molar-refractivity contribution is 5.91. The molecule has 0 heterocycles. The Bertz CT molecular complexity index is 775. The van der Waals surface area contributed by atoms with E-state index < -0.39 is 12.1 Å². The van der Waals surface area contributed by atoms with Gasteiger partial charge in [0.25, 0.3) is 0 Å². The summed E-state index contributed by atoms with van der Waals surface area (Å²) in [5.41, 5.74) is 0.774. The molecule has 0 amide bonds. The van der Waals surface area contributed by atoms with Crippen molar-refractivity contribution in [2.75, 3.05) is 6.61 Å². The van der Waals surface area contributed by atoms with Crippen molar-refractivity contribution in [2.45, 2.75) is 26.2 Å². The second-order valence-corrected chi connectivity index (χ2v) is 5.43. The number of esters is 1. The Morgan fingerprint density at radius 3 is 2.15 bits per heavy atom. The van der Waals surface area contributed by atoms with Crippen LogP contribution in [0.4, 0.5) is 10.5 Å². The smallest absolute Gasteiger partial charge is 0.434 e. The van der Waals surface area contributed by atoms with Gasteiger partial charge in [0.15, 0.2) is 5.69 Å². The first-order chi connectivity index (χ1) is 12.6. The molecule has 0 radical (unpaired) electrons. The summed E-state index contributed by atoms with van der Waals surface area (Å²) in [4.78, 5) is 26.9. The summed E-state index contributed by atoms with van der Waals surface area (Å²) < 4.78 is 15.2. The van der Waals surface area contributed by atoms with E-state index in [1.165, 1.54) is 24.3 Å². The summed E-state index contributed by atoms with van der Waals surface area (Å²) in [6.45, 7) is 9.27. The van der Waals surface area contributed by atoms with Gasteiger partial charge in [-0.05, 0) is 42.8 Å². The minimum Gasteiger partial charge on any atom is -0.434 e. The predicted octanol–water partition coefficient (Wildman–Crippen LogP) is 5.16. The highest BCUT2D eigenvalue weighted by Crippen LogP contribution is 2.20. The molecule has 0 aromatic heterocycles. The van der Waals surface area contributed by atoms with Gasteiger partial charge in [-0.1, -0.05) is 31.9 Å². The molecule has 2 rings (SSSR count). The second-order valence-electron chi connectivity index (χ2n) is 5.43. The van der Waals surface area contributed by atoms with Crippen LogP contribution in [0.5, 0.6) is 11.5 Å². The zero-order chi connectivity index (χ0) is 18.8. The lowest BCUT2D eigenvalue weighted by atomic mass is 10.2. The van der Waals surface area contributed by atoms with Gasteiger partial charge in [-0.3, -0.25) is 0 Å². The molecule has 0 saturated carbocycles. The fraction of sp³-hybridized carbons (Fsp3) is 0.250. The Morgan fingerprint density at radius 2 is 1.54 bits per heavy atom. The van der Waals surface area contributed by atoms with E-state index in [0.717, 1.165) is 19.3 Å². The highest BCUT2D eigenvalue weighted by Gasteiger charge is 2.11. The Kier molecular flexibility index (Phi) is 7.19. The van der Waals surface area contributed by atoms with Crippen LogP contribution in [-0.4, -0.2) is 18.7 Å². The molecule has 2 aromatic carbocycles. The van der Waals surface area contributed by atoms with E-state index in [1.54, 1.807) is 24.3 Å². The Morgan fingerprint density at radius 1 is 0.923 bits per heavy atom. The van der Waals surface area contributed by atoms with Gasteiger partial charge in [0.05, 0.1) is 18.7 Å². The second kappa shape index (κ2) is 9.84. The molecule has 134 valence electrons. The van der Waals surface area contributed by atoms with Crippen LogP contribution in [-0.2, 0) is 4.74 Å². The van der Waals surface area contributed by atoms with Crippen molar-refractivity contribution in [3.8, 4) is 11.5 Å². The molecule has 0 aliphatic heterocycles. The van der Waals surface area contributed by atoms with Crippen LogP contribution in [0.15, 0.2) is 48.5 Å². The third-order valence-corrected chi connectivity index (χ3v) is 3.44. The molecule has 0 unspecified atom stereocenters. The minimum absolute atomic E-state index is 0.281. The first-order valence-electron chi connectivity index (χ1n) is 8.26. The number of nitrogens with zero attached hydrogens (tertiary/aromatic N) is 1. The lowest BCUT2D eigenvalue weighted by Crippen LogP contribution is -2.12. The fourth-order valence-electron chi connectivity index (χ4n) is 2.05. The van der Waals surface area contributed by atoms with Crippen LogP contribution in [0.3, 0.4) is 0 Å². The molecule has 0 fully saturated rings. The Hall–Kier alpha value is -3.33. The minimum atomic E-state index is -0.767. The van der Waals surface area contributed by atoms with E-state index in [9.17, 15) is 9.59 Å². The molecule has 0 saturated heterocycles. The highest BCUT2D eigenvalue weighted by atomic mass is 16.7. The third kappa shape index (κ3) is 5.95. The van der Waals surface area contributed by atoms with E-state index in [0.29, 0.717) is 23.6 Å². The lowest BCUT2D eigenvalue weighted by Gasteiger charge is -2.07. The summed E-state index contributed by atoms with van der Waals surface area (Å²) in [5.74, 6) is 0.0797. The SMILES string of the molecule is [C-]#[N+]c1ccc(OC(=O)c2ccc(OC(=O)OCCCCC)cc2)cc1. The summed E-state index contributed by atoms with van der Waals surface area (Å²) in [5, 5.41) is 0. The van der Waals surface area contributed by atoms with Gasteiger partial charge in [0.2, 0.25) is 0 Å². The Balaban J connectivity index is 1.86. The maximum absolute atomic E-state index is 12.1. The van der Waals surface area contributed by atoms with Gasteiger partial charge in [-0.15, -0.1) is 0 Å². The maximum Gasteiger partial charge on any atom is 0.513 e. The molecule has 6 heteroatoms. The summed E-state index contributed by atoms with van der Waals surface area (Å²) in [7, 11) is 0. The molecule has 0 N–H and O–H groups in total. The van der Waals surface area contributed by atoms with Crippen molar-refractivity contribution in [1.82, 2.24) is 0 Å². The van der Waals surface area contributed by atoms with Crippen molar-refractivity contribution in [2.24, 2.45) is 0 Å². The van der Waals surface area contributed by atoms with Crippen LogP contribution in [0.2, 0.25) is 0 Å². The van der Waals surface area contributed by atoms with Crippen molar-refractivity contribution >= 4 is 17.8 Å². The predicted molar refractivity (Wildman–Crippen MR) is 95.6 cm³/mol. The average molecular weight is 353 g/mol. The van der Waals surface area contributed by atoms with Gasteiger partial charge in [-0.2, -0.15) is 0 Å². The van der Waals surface area contributed by atoms with E-state index in [2.05, 4.69) is 11.8 Å². The first-order valence-corrected chi connectivity index (χ1v) is 8.26. The van der Waals surface area contributed by atoms with Crippen LogP contribution in [0.25, 0.3) is 4.85 Å². The number of carbonyl (C=O) groups excluding carboxylic acids is 2. The van der Waals surface area contributed by atoms with Gasteiger partial charge in [0.1, 0.15) is 11.5 Å². The van der Waals surface area contributed by atoms with Gasteiger partial charge >= 0.3 is 12.1 Å². The lowest BCUT2D eigenvalue weighted by molar-refractivity contribution is 0.0734. The van der Waals surface area contributed by atoms with Crippen molar-refractivity contribution in [1.29, 1.82) is 0 Å². The van der Waals surface area contributed by atoms with Crippen LogP contribution in [0, 0.1) is 6.57 Å². The van der Waals surface area contributed by atoms with E-state index >= 15 is 0 Å². The zero-order valence-electron chi connectivity index (χ0n) is 14.4. The number of hydrogen-bond donors (Lipinski definition) is 0. The zero-order valence-corrected chi connectivity index (χ0v) is 14.4. The van der Waals surface area contributed by atoms with E-state index in [-0.39, 0.29) is 5.75 Å². The van der Waals surface area contributed by atoms with Crippen molar-refractivity contribution < 1.29 is 23.8 Å². The van der Waals surface area contributed by atoms with Gasteiger partial charge < -0.3 is 14.2 Å². The van der Waals surface area contributed by atoms with Crippen LogP contribution in [0.1, 0.15) is 36.5 Å². The number of rotatable bonds is 7. The molecular weight excluding hydrogens is 334 g/mol. The van der Waals surface area contributed by atoms with Crippen LogP contribution < -0.4 is 9.47 Å². The first kappa shape index (κ1) is 19.0. The normalized spacial score (nSPS) is 9.85. The van der Waals surface area contributed by atoms with Gasteiger partial charge in [0, 0.05) is 0 Å². The molecule has 0 spiro atoms. The fourth-order valence-corrected chi connectivity index (χ4v) is 2.05. The molecule has 26 heavy (non-hydrogen) atoms. The molecule has 0 aliphatic rings. The number of hydrogen-bond acceptors (Lipinski definition) is 5. The molecule has 0 atom stereocenters. The molecule has 2 aromatic rings. The number of ether oxygens (including phenoxy) is 3. The molecule has 6 nitrogen and oxygen atoms in total. The number of benzene rings is 2. The van der Waals surface area contributed by atoms with Crippen molar-refractivity contribution in [3.05, 3.63) is 65.5 Å². The van der Waals surface area contributed by atoms with Crippen LogP contribution >= 0.6 is 0 Å². The topological polar surface area (TPSA) is 66.2 Å². The maximum atomic E-state index is 12.1. The molecular formula is C20H19NO5.